The molecule has 0 radical (unpaired) electrons. The first-order valence-electron chi connectivity index (χ1n) is 10.1. The van der Waals surface area contributed by atoms with Crippen molar-refractivity contribution in [1.82, 2.24) is 9.88 Å². The molecule has 6 nitrogen and oxygen atoms in total. The van der Waals surface area contributed by atoms with E-state index in [0.717, 1.165) is 30.4 Å². The summed E-state index contributed by atoms with van der Waals surface area (Å²) in [5, 5.41) is 3.28. The molecule has 2 aromatic rings. The summed E-state index contributed by atoms with van der Waals surface area (Å²) in [6.45, 7) is 0.441. The van der Waals surface area contributed by atoms with Crippen LogP contribution in [0.25, 0.3) is 0 Å². The third kappa shape index (κ3) is 4.01. The molecule has 2 atom stereocenters. The first-order chi connectivity index (χ1) is 14.3. The van der Waals surface area contributed by atoms with Crippen LogP contribution < -0.4 is 5.32 Å². The lowest BCUT2D eigenvalue weighted by atomic mass is 9.88. The van der Waals surface area contributed by atoms with Crippen LogP contribution in [-0.4, -0.2) is 48.8 Å². The first kappa shape index (κ1) is 22.3. The number of sulfone groups is 1. The molecular weight excluding hydrogens is 464 g/mol. The van der Waals surface area contributed by atoms with Crippen molar-refractivity contribution in [1.29, 1.82) is 0 Å². The summed E-state index contributed by atoms with van der Waals surface area (Å²) in [5.74, 6) is 0.721. The number of hydrogen-bond acceptors (Lipinski definition) is 5. The second-order valence-electron chi connectivity index (χ2n) is 8.25. The average Bonchev–Trinajstić information content (AvgIpc) is 3.33. The van der Waals surface area contributed by atoms with E-state index in [9.17, 15) is 17.6 Å². The number of rotatable bonds is 3. The Morgan fingerprint density at radius 1 is 1.16 bits per heavy atom. The van der Waals surface area contributed by atoms with Crippen LogP contribution in [0.2, 0.25) is 5.02 Å². The van der Waals surface area contributed by atoms with Gasteiger partial charge in [0.25, 0.3) is 5.91 Å². The van der Waals surface area contributed by atoms with Crippen molar-refractivity contribution in [2.24, 2.45) is 0 Å². The van der Waals surface area contributed by atoms with Gasteiger partial charge in [0, 0.05) is 30.5 Å². The Kier molecular flexibility index (Phi) is 5.91. The Morgan fingerprint density at radius 2 is 1.84 bits per heavy atom. The maximum absolute atomic E-state index is 13.5. The normalized spacial score (nSPS) is 23.2. The summed E-state index contributed by atoms with van der Waals surface area (Å²) >= 11 is 5.90. The van der Waals surface area contributed by atoms with Gasteiger partial charge < -0.3 is 10.2 Å². The molecule has 31 heavy (non-hydrogen) atoms. The minimum absolute atomic E-state index is 0. The van der Waals surface area contributed by atoms with Crippen LogP contribution >= 0.6 is 24.0 Å². The maximum Gasteiger partial charge on any atom is 0.255 e. The molecule has 166 valence electrons. The minimum Gasteiger partial charge on any atom is -0.340 e. The molecular formula is C21H22Cl2FN3O3S. The van der Waals surface area contributed by atoms with Crippen molar-refractivity contribution in [2.45, 2.75) is 31.1 Å². The highest BCUT2D eigenvalue weighted by molar-refractivity contribution is 7.91. The third-order valence-corrected chi connectivity index (χ3v) is 8.35. The van der Waals surface area contributed by atoms with Crippen LogP contribution in [0.1, 0.15) is 52.6 Å². The van der Waals surface area contributed by atoms with E-state index in [2.05, 4.69) is 10.3 Å². The highest BCUT2D eigenvalue weighted by Gasteiger charge is 2.42. The van der Waals surface area contributed by atoms with Crippen molar-refractivity contribution in [3.05, 3.63) is 51.9 Å². The van der Waals surface area contributed by atoms with Crippen molar-refractivity contribution >= 4 is 51.3 Å². The molecule has 2 bridgehead atoms. The summed E-state index contributed by atoms with van der Waals surface area (Å²) in [4.78, 5) is 19.4. The van der Waals surface area contributed by atoms with E-state index >= 15 is 0 Å². The predicted molar refractivity (Wildman–Crippen MR) is 120 cm³/mol. The lowest BCUT2D eigenvalue weighted by molar-refractivity contribution is 0.0768. The number of halogens is 3. The van der Waals surface area contributed by atoms with Gasteiger partial charge in [0.1, 0.15) is 11.6 Å². The van der Waals surface area contributed by atoms with Crippen molar-refractivity contribution in [3.63, 3.8) is 0 Å². The molecule has 3 aliphatic rings. The molecule has 1 N–H and O–H groups in total. The molecule has 2 fully saturated rings. The average molecular weight is 486 g/mol. The third-order valence-electron chi connectivity index (χ3n) is 6.45. The van der Waals surface area contributed by atoms with E-state index < -0.39 is 15.7 Å². The molecule has 10 heteroatoms. The molecule has 1 aliphatic heterocycles. The van der Waals surface area contributed by atoms with E-state index in [4.69, 9.17) is 11.6 Å². The molecule has 1 saturated carbocycles. The summed E-state index contributed by atoms with van der Waals surface area (Å²) < 4.78 is 36.9. The van der Waals surface area contributed by atoms with Crippen LogP contribution in [-0.2, 0) is 9.84 Å². The van der Waals surface area contributed by atoms with Gasteiger partial charge in [-0.05, 0) is 54.9 Å². The highest BCUT2D eigenvalue weighted by Crippen LogP contribution is 2.56. The number of fused-ring (bicyclic) bond motifs is 5. The Balaban J connectivity index is 0.00000231. The van der Waals surface area contributed by atoms with Crippen LogP contribution in [0.5, 0.6) is 0 Å². The largest absolute Gasteiger partial charge is 0.340 e. The van der Waals surface area contributed by atoms with E-state index in [0.29, 0.717) is 28.9 Å². The number of nitrogens with zero attached hydrogens (tertiary/aromatic N) is 2. The fraction of sp³-hybridized carbons (Fsp3) is 0.429. The van der Waals surface area contributed by atoms with Gasteiger partial charge in [0.15, 0.2) is 9.84 Å². The van der Waals surface area contributed by atoms with E-state index in [-0.39, 0.29) is 47.9 Å². The van der Waals surface area contributed by atoms with E-state index in [1.165, 1.54) is 12.1 Å². The van der Waals surface area contributed by atoms with Gasteiger partial charge in [-0.25, -0.2) is 17.8 Å². The summed E-state index contributed by atoms with van der Waals surface area (Å²) in [7, 11) is -3.06. The quantitative estimate of drug-likeness (QED) is 0.701. The number of aromatic nitrogens is 1. The van der Waals surface area contributed by atoms with E-state index in [1.807, 2.05) is 0 Å². The molecule has 2 aliphatic carbocycles. The van der Waals surface area contributed by atoms with Gasteiger partial charge in [-0.3, -0.25) is 4.79 Å². The molecule has 1 aromatic carbocycles. The highest BCUT2D eigenvalue weighted by atomic mass is 35.5. The number of nitrogens with one attached hydrogen (secondary N) is 1. The summed E-state index contributed by atoms with van der Waals surface area (Å²) in [6.07, 6.45) is 4.68. The van der Waals surface area contributed by atoms with Gasteiger partial charge in [-0.1, -0.05) is 11.6 Å². The Bertz CT molecular complexity index is 1140. The number of benzene rings is 1. The smallest absolute Gasteiger partial charge is 0.255 e. The number of anilines is 2. The molecule has 2 heterocycles. The second-order valence-corrected chi connectivity index (χ2v) is 11.0. The van der Waals surface area contributed by atoms with Crippen LogP contribution in [0.3, 0.4) is 0 Å². The minimum atomic E-state index is -3.06. The molecule has 0 spiro atoms. The lowest BCUT2D eigenvalue weighted by Crippen LogP contribution is -2.44. The van der Waals surface area contributed by atoms with Gasteiger partial charge in [-0.15, -0.1) is 12.4 Å². The van der Waals surface area contributed by atoms with Crippen molar-refractivity contribution in [3.8, 4) is 0 Å². The summed E-state index contributed by atoms with van der Waals surface area (Å²) in [6, 6.07) is 4.43. The van der Waals surface area contributed by atoms with Crippen LogP contribution in [0, 0.1) is 5.82 Å². The monoisotopic (exact) mass is 485 g/mol. The second kappa shape index (κ2) is 8.22. The molecule has 1 aromatic heterocycles. The van der Waals surface area contributed by atoms with Gasteiger partial charge in [0.2, 0.25) is 0 Å². The molecule has 2 unspecified atom stereocenters. The van der Waals surface area contributed by atoms with Crippen LogP contribution in [0.15, 0.2) is 24.4 Å². The lowest BCUT2D eigenvalue weighted by Gasteiger charge is -2.29. The molecule has 1 saturated heterocycles. The molecule has 1 amide bonds. The fourth-order valence-electron chi connectivity index (χ4n) is 4.97. The number of hydrogen-bond donors (Lipinski definition) is 1. The number of amides is 1. The first-order valence-corrected chi connectivity index (χ1v) is 12.3. The Morgan fingerprint density at radius 3 is 2.52 bits per heavy atom. The topological polar surface area (TPSA) is 79.4 Å². The van der Waals surface area contributed by atoms with Gasteiger partial charge in [0.05, 0.1) is 22.1 Å². The Labute approximate surface area is 191 Å². The maximum atomic E-state index is 13.5. The fourth-order valence-corrected chi connectivity index (χ4v) is 6.35. The summed E-state index contributed by atoms with van der Waals surface area (Å²) in [5.41, 5.74) is 3.32. The zero-order valence-corrected chi connectivity index (χ0v) is 19.0. The number of carbonyl (C=O) groups excluding carboxylic acids is 1. The van der Waals surface area contributed by atoms with Crippen molar-refractivity contribution in [2.75, 3.05) is 29.9 Å². The standard InChI is InChI=1S/C21H21ClFN3O3S.ClH/c22-16-10-14(3-4-17(16)23)25-20-19-13-2-1-12(9-13)18(19)15(11-24-20)21(27)26-5-7-30(28,29)8-6-26;/h3-4,10-13H,1-2,5-9H2,(H,24,25);1H. The van der Waals surface area contributed by atoms with Crippen LogP contribution in [0.4, 0.5) is 15.9 Å². The van der Waals surface area contributed by atoms with Gasteiger partial charge >= 0.3 is 0 Å². The molecule has 5 rings (SSSR count). The van der Waals surface area contributed by atoms with Gasteiger partial charge in [-0.2, -0.15) is 0 Å². The zero-order chi connectivity index (χ0) is 21.0. The van der Waals surface area contributed by atoms with E-state index in [1.54, 1.807) is 17.2 Å². The van der Waals surface area contributed by atoms with Crippen molar-refractivity contribution < 1.29 is 17.6 Å². The Hall–Kier alpha value is -1.90. The number of carbonyl (C=O) groups is 1. The number of pyridine rings is 1. The predicted octanol–water partition coefficient (Wildman–Crippen LogP) is 4.27. The SMILES string of the molecule is Cl.O=C(c1cnc(Nc2ccc(F)c(Cl)c2)c2c1C1CCC2C1)N1CCS(=O)(=O)CC1. The zero-order valence-electron chi connectivity index (χ0n) is 16.6.